The van der Waals surface area contributed by atoms with Crippen LogP contribution in [0.3, 0.4) is 0 Å². The van der Waals surface area contributed by atoms with E-state index in [-0.39, 0.29) is 16.7 Å². The van der Waals surface area contributed by atoms with E-state index in [1.807, 2.05) is 6.92 Å². The fraction of sp³-hybridized carbons (Fsp3) is 0.375. The van der Waals surface area contributed by atoms with E-state index in [9.17, 15) is 23.2 Å². The Morgan fingerprint density at radius 1 is 0.969 bits per heavy atom. The van der Waals surface area contributed by atoms with Crippen LogP contribution in [0.25, 0.3) is 0 Å². The molecule has 0 heterocycles. The van der Waals surface area contributed by atoms with Crippen LogP contribution in [0.5, 0.6) is 0 Å². The van der Waals surface area contributed by atoms with Gasteiger partial charge in [0.25, 0.3) is 0 Å². The fourth-order valence-electron chi connectivity index (χ4n) is 3.81. The predicted octanol–water partition coefficient (Wildman–Crippen LogP) is 5.18. The number of carboxylic acids is 1. The summed E-state index contributed by atoms with van der Waals surface area (Å²) in [5.74, 6) is -8.40. The first-order chi connectivity index (χ1) is 15.2. The minimum absolute atomic E-state index is 0.102. The number of rotatable bonds is 8. The summed E-state index contributed by atoms with van der Waals surface area (Å²) in [6.07, 6.45) is 1.99. The van der Waals surface area contributed by atoms with Gasteiger partial charge in [-0.15, -0.1) is 0 Å². The molecule has 1 aliphatic rings. The number of halogens is 2. The van der Waals surface area contributed by atoms with Gasteiger partial charge in [0.2, 0.25) is 6.10 Å². The van der Waals surface area contributed by atoms with Crippen molar-refractivity contribution >= 4 is 17.9 Å². The number of aliphatic carboxylic acids is 1. The van der Waals surface area contributed by atoms with Gasteiger partial charge in [-0.25, -0.2) is 14.4 Å². The molecule has 0 saturated heterocycles. The zero-order valence-electron chi connectivity index (χ0n) is 17.6. The van der Waals surface area contributed by atoms with E-state index in [0.717, 1.165) is 25.7 Å². The monoisotopic (exact) mass is 446 g/mol. The third-order valence-corrected chi connectivity index (χ3v) is 5.77. The number of carboxylic acid groups (broad SMARTS) is 1. The van der Waals surface area contributed by atoms with E-state index in [0.29, 0.717) is 6.42 Å². The minimum atomic E-state index is -4.34. The highest BCUT2D eigenvalue weighted by atomic mass is 19.3. The van der Waals surface area contributed by atoms with Crippen molar-refractivity contribution in [3.05, 3.63) is 71.3 Å². The Kier molecular flexibility index (Phi) is 6.91. The zero-order valence-corrected chi connectivity index (χ0v) is 17.6. The van der Waals surface area contributed by atoms with Crippen molar-refractivity contribution in [2.24, 2.45) is 0 Å². The van der Waals surface area contributed by atoms with Gasteiger partial charge in [-0.05, 0) is 61.9 Å². The van der Waals surface area contributed by atoms with Crippen LogP contribution in [0.15, 0.2) is 54.6 Å². The smallest absolute Gasteiger partial charge is 0.382 e. The molecule has 0 aliphatic heterocycles. The first-order valence-corrected chi connectivity index (χ1v) is 10.4. The Balaban J connectivity index is 1.75. The van der Waals surface area contributed by atoms with Crippen molar-refractivity contribution in [2.45, 2.75) is 56.7 Å². The van der Waals surface area contributed by atoms with Gasteiger partial charge in [-0.2, -0.15) is 8.78 Å². The number of alkyl halides is 2. The van der Waals surface area contributed by atoms with E-state index >= 15 is 0 Å². The van der Waals surface area contributed by atoms with Gasteiger partial charge >= 0.3 is 23.8 Å². The Hall–Kier alpha value is -3.29. The summed E-state index contributed by atoms with van der Waals surface area (Å²) in [5, 5.41) is 8.92. The van der Waals surface area contributed by atoms with Gasteiger partial charge in [0, 0.05) is 0 Å². The lowest BCUT2D eigenvalue weighted by Crippen LogP contribution is -2.38. The topological polar surface area (TPSA) is 89.9 Å². The Morgan fingerprint density at radius 3 is 2.00 bits per heavy atom. The average molecular weight is 446 g/mol. The zero-order chi connectivity index (χ0) is 23.4. The van der Waals surface area contributed by atoms with Gasteiger partial charge in [0.1, 0.15) is 5.60 Å². The molecule has 1 unspecified atom stereocenters. The summed E-state index contributed by atoms with van der Waals surface area (Å²) in [6.45, 7) is 1.97. The molecule has 0 radical (unpaired) electrons. The maximum atomic E-state index is 14.3. The van der Waals surface area contributed by atoms with Crippen LogP contribution in [0.2, 0.25) is 0 Å². The van der Waals surface area contributed by atoms with E-state index in [1.54, 1.807) is 6.07 Å². The lowest BCUT2D eigenvalue weighted by Gasteiger charge is -2.27. The predicted molar refractivity (Wildman–Crippen MR) is 111 cm³/mol. The maximum Gasteiger partial charge on any atom is 0.382 e. The third-order valence-electron chi connectivity index (χ3n) is 5.77. The first-order valence-electron chi connectivity index (χ1n) is 10.4. The fourth-order valence-corrected chi connectivity index (χ4v) is 3.81. The van der Waals surface area contributed by atoms with Crippen molar-refractivity contribution in [3.8, 4) is 0 Å². The highest BCUT2D eigenvalue weighted by Gasteiger charge is 2.51. The standard InChI is InChI=1S/C24H24F2O6/c1-2-23(14-6-7-15-23)32-21(28)18-12-10-17(11-13-18)20(27)31-19(24(25,26)22(29)30)16-8-4-3-5-9-16/h3-5,8-13,19H,2,6-7,14-15H2,1H3,(H,29,30). The van der Waals surface area contributed by atoms with Crippen molar-refractivity contribution < 1.29 is 37.7 Å². The molecule has 1 atom stereocenters. The second-order valence-electron chi connectivity index (χ2n) is 7.83. The lowest BCUT2D eigenvalue weighted by molar-refractivity contribution is -0.183. The number of esters is 2. The molecular formula is C24H24F2O6. The molecule has 8 heteroatoms. The van der Waals surface area contributed by atoms with Gasteiger partial charge < -0.3 is 14.6 Å². The van der Waals surface area contributed by atoms with Crippen molar-refractivity contribution in [1.29, 1.82) is 0 Å². The van der Waals surface area contributed by atoms with Crippen LogP contribution in [0, 0.1) is 0 Å². The molecule has 0 spiro atoms. The van der Waals surface area contributed by atoms with Crippen LogP contribution in [-0.2, 0) is 14.3 Å². The second-order valence-corrected chi connectivity index (χ2v) is 7.83. The van der Waals surface area contributed by atoms with Crippen LogP contribution in [-0.4, -0.2) is 34.5 Å². The van der Waals surface area contributed by atoms with Crippen molar-refractivity contribution in [2.75, 3.05) is 0 Å². The molecule has 1 N–H and O–H groups in total. The SMILES string of the molecule is CCC1(OC(=O)c2ccc(C(=O)OC(c3ccccc3)C(F)(F)C(=O)O)cc2)CCCC1. The van der Waals surface area contributed by atoms with Crippen LogP contribution >= 0.6 is 0 Å². The summed E-state index contributed by atoms with van der Waals surface area (Å²) in [7, 11) is 0. The summed E-state index contributed by atoms with van der Waals surface area (Å²) >= 11 is 0. The van der Waals surface area contributed by atoms with E-state index in [2.05, 4.69) is 0 Å². The minimum Gasteiger partial charge on any atom is -0.477 e. The number of hydrogen-bond acceptors (Lipinski definition) is 5. The van der Waals surface area contributed by atoms with E-state index < -0.39 is 35.5 Å². The van der Waals surface area contributed by atoms with Gasteiger partial charge in [0.15, 0.2) is 0 Å². The Bertz CT molecular complexity index is 966. The maximum absolute atomic E-state index is 14.3. The third kappa shape index (κ3) is 4.95. The number of carbonyl (C=O) groups is 3. The molecule has 6 nitrogen and oxygen atoms in total. The summed E-state index contributed by atoms with van der Waals surface area (Å²) in [6, 6.07) is 12.1. The summed E-state index contributed by atoms with van der Waals surface area (Å²) < 4.78 is 39.1. The first kappa shape index (κ1) is 23.4. The molecule has 1 aliphatic carbocycles. The molecule has 170 valence electrons. The molecule has 0 bridgehead atoms. The molecule has 1 fully saturated rings. The van der Waals surface area contributed by atoms with Crippen LogP contribution in [0.1, 0.15) is 71.4 Å². The highest BCUT2D eigenvalue weighted by Crippen LogP contribution is 2.37. The molecular weight excluding hydrogens is 422 g/mol. The molecule has 0 aromatic heterocycles. The Morgan fingerprint density at radius 2 is 1.50 bits per heavy atom. The van der Waals surface area contributed by atoms with E-state index in [4.69, 9.17) is 14.6 Å². The highest BCUT2D eigenvalue weighted by molar-refractivity contribution is 5.93. The quantitative estimate of drug-likeness (QED) is 0.562. The number of benzene rings is 2. The molecule has 32 heavy (non-hydrogen) atoms. The van der Waals surface area contributed by atoms with Gasteiger partial charge in [0.05, 0.1) is 11.1 Å². The summed E-state index contributed by atoms with van der Waals surface area (Å²) in [5.41, 5.74) is -0.513. The van der Waals surface area contributed by atoms with Gasteiger partial charge in [-0.1, -0.05) is 37.3 Å². The van der Waals surface area contributed by atoms with Crippen molar-refractivity contribution in [1.82, 2.24) is 0 Å². The number of carbonyl (C=O) groups excluding carboxylic acids is 2. The van der Waals surface area contributed by atoms with Crippen LogP contribution in [0.4, 0.5) is 8.78 Å². The molecule has 2 aromatic carbocycles. The van der Waals surface area contributed by atoms with Crippen LogP contribution < -0.4 is 0 Å². The second kappa shape index (κ2) is 9.46. The molecule has 1 saturated carbocycles. The molecule has 3 rings (SSSR count). The van der Waals surface area contributed by atoms with Gasteiger partial charge in [-0.3, -0.25) is 0 Å². The average Bonchev–Trinajstić information content (AvgIpc) is 3.26. The number of ether oxygens (including phenoxy) is 2. The molecule has 0 amide bonds. The normalized spacial score (nSPS) is 16.2. The molecule has 2 aromatic rings. The van der Waals surface area contributed by atoms with Crippen molar-refractivity contribution in [3.63, 3.8) is 0 Å². The van der Waals surface area contributed by atoms with E-state index in [1.165, 1.54) is 48.5 Å². The largest absolute Gasteiger partial charge is 0.477 e. The number of hydrogen-bond donors (Lipinski definition) is 1. The lowest BCUT2D eigenvalue weighted by atomic mass is 9.98. The summed E-state index contributed by atoms with van der Waals surface area (Å²) in [4.78, 5) is 36.1. The Labute approximate surface area is 184 Å².